The number of anilines is 1. The molecule has 1 unspecified atom stereocenters. The van der Waals surface area contributed by atoms with E-state index in [0.717, 1.165) is 38.0 Å². The lowest BCUT2D eigenvalue weighted by Crippen LogP contribution is -2.39. The molecular weight excluding hydrogens is 266 g/mol. The Kier molecular flexibility index (Phi) is 5.59. The summed E-state index contributed by atoms with van der Waals surface area (Å²) in [7, 11) is 0. The summed E-state index contributed by atoms with van der Waals surface area (Å²) in [6.45, 7) is 4.91. The van der Waals surface area contributed by atoms with Crippen molar-refractivity contribution in [2.24, 2.45) is 5.92 Å². The van der Waals surface area contributed by atoms with Crippen LogP contribution in [0.2, 0.25) is 0 Å². The zero-order chi connectivity index (χ0) is 15.2. The van der Waals surface area contributed by atoms with Gasteiger partial charge in [0.2, 0.25) is 5.91 Å². The zero-order valence-electron chi connectivity index (χ0n) is 12.6. The standard InChI is InChI=1S/C16H25N3O2/c1-12(20)18-10-13-6-8-19(9-7-13)11-16(21)14-2-4-15(17)5-3-14/h2-5,13,16,21H,6-11,17H2,1H3,(H,18,20). The SMILES string of the molecule is CC(=O)NCC1CCN(CC(O)c2ccc(N)cc2)CC1. The van der Waals surface area contributed by atoms with Gasteiger partial charge in [-0.05, 0) is 49.5 Å². The summed E-state index contributed by atoms with van der Waals surface area (Å²) in [4.78, 5) is 13.2. The Balaban J connectivity index is 1.75. The molecule has 5 nitrogen and oxygen atoms in total. The molecule has 0 aliphatic carbocycles. The second-order valence-corrected chi connectivity index (χ2v) is 5.86. The highest BCUT2D eigenvalue weighted by molar-refractivity contribution is 5.72. The normalized spacial score (nSPS) is 18.4. The Morgan fingerprint density at radius 3 is 2.57 bits per heavy atom. The molecule has 2 rings (SSSR count). The average Bonchev–Trinajstić information content (AvgIpc) is 2.47. The summed E-state index contributed by atoms with van der Waals surface area (Å²) in [5.41, 5.74) is 7.27. The van der Waals surface area contributed by atoms with Crippen LogP contribution in [0.4, 0.5) is 5.69 Å². The fraction of sp³-hybridized carbons (Fsp3) is 0.562. The molecular formula is C16H25N3O2. The molecule has 0 spiro atoms. The van der Waals surface area contributed by atoms with E-state index in [1.54, 1.807) is 6.92 Å². The quantitative estimate of drug-likeness (QED) is 0.711. The Labute approximate surface area is 126 Å². The summed E-state index contributed by atoms with van der Waals surface area (Å²) in [5, 5.41) is 13.1. The van der Waals surface area contributed by atoms with E-state index in [4.69, 9.17) is 5.73 Å². The Bertz CT molecular complexity index is 453. The fourth-order valence-electron chi connectivity index (χ4n) is 2.73. The van der Waals surface area contributed by atoms with Crippen molar-refractivity contribution in [1.29, 1.82) is 0 Å². The molecule has 0 radical (unpaired) electrons. The van der Waals surface area contributed by atoms with E-state index in [2.05, 4.69) is 10.2 Å². The number of nitrogens with one attached hydrogen (secondary N) is 1. The second kappa shape index (κ2) is 7.43. The maximum Gasteiger partial charge on any atom is 0.216 e. The number of rotatable bonds is 5. The number of likely N-dealkylation sites (tertiary alicyclic amines) is 1. The first-order valence-electron chi connectivity index (χ1n) is 7.55. The monoisotopic (exact) mass is 291 g/mol. The van der Waals surface area contributed by atoms with E-state index >= 15 is 0 Å². The highest BCUT2D eigenvalue weighted by atomic mass is 16.3. The van der Waals surface area contributed by atoms with Crippen LogP contribution in [0.25, 0.3) is 0 Å². The summed E-state index contributed by atoms with van der Waals surface area (Å²) in [5.74, 6) is 0.593. The third kappa shape index (κ3) is 5.02. The molecule has 0 bridgehead atoms. The van der Waals surface area contributed by atoms with Crippen molar-refractivity contribution in [3.63, 3.8) is 0 Å². The molecule has 1 aromatic rings. The third-order valence-corrected chi connectivity index (χ3v) is 4.10. The van der Waals surface area contributed by atoms with Gasteiger partial charge in [0, 0.05) is 25.7 Å². The number of nitrogen functional groups attached to an aromatic ring is 1. The lowest BCUT2D eigenvalue weighted by atomic mass is 9.96. The first kappa shape index (κ1) is 15.8. The minimum absolute atomic E-state index is 0.0382. The van der Waals surface area contributed by atoms with Crippen LogP contribution < -0.4 is 11.1 Å². The van der Waals surface area contributed by atoms with Gasteiger partial charge < -0.3 is 21.1 Å². The van der Waals surface area contributed by atoms with Gasteiger partial charge in [0.05, 0.1) is 6.10 Å². The lowest BCUT2D eigenvalue weighted by Gasteiger charge is -2.33. The maximum atomic E-state index is 10.9. The van der Waals surface area contributed by atoms with Crippen molar-refractivity contribution in [3.8, 4) is 0 Å². The molecule has 1 aliphatic rings. The van der Waals surface area contributed by atoms with Gasteiger partial charge in [-0.25, -0.2) is 0 Å². The van der Waals surface area contributed by atoms with Crippen molar-refractivity contribution in [2.45, 2.75) is 25.9 Å². The largest absolute Gasteiger partial charge is 0.399 e. The number of nitrogens with two attached hydrogens (primary N) is 1. The van der Waals surface area contributed by atoms with E-state index in [9.17, 15) is 9.90 Å². The van der Waals surface area contributed by atoms with E-state index in [1.165, 1.54) is 0 Å². The lowest BCUT2D eigenvalue weighted by molar-refractivity contribution is -0.119. The average molecular weight is 291 g/mol. The molecule has 0 aromatic heterocycles. The number of aliphatic hydroxyl groups excluding tert-OH is 1. The fourth-order valence-corrected chi connectivity index (χ4v) is 2.73. The Hall–Kier alpha value is -1.59. The van der Waals surface area contributed by atoms with Crippen molar-refractivity contribution >= 4 is 11.6 Å². The minimum Gasteiger partial charge on any atom is -0.399 e. The molecule has 1 aliphatic heterocycles. The van der Waals surface area contributed by atoms with Gasteiger partial charge in [-0.15, -0.1) is 0 Å². The smallest absolute Gasteiger partial charge is 0.216 e. The summed E-state index contributed by atoms with van der Waals surface area (Å²) in [6.07, 6.45) is 1.65. The van der Waals surface area contributed by atoms with E-state index < -0.39 is 6.10 Å². The van der Waals surface area contributed by atoms with Crippen molar-refractivity contribution < 1.29 is 9.90 Å². The van der Waals surface area contributed by atoms with Gasteiger partial charge in [0.25, 0.3) is 0 Å². The van der Waals surface area contributed by atoms with Gasteiger partial charge in [-0.1, -0.05) is 12.1 Å². The van der Waals surface area contributed by atoms with E-state index in [0.29, 0.717) is 18.2 Å². The van der Waals surface area contributed by atoms with Gasteiger partial charge in [-0.3, -0.25) is 4.79 Å². The third-order valence-electron chi connectivity index (χ3n) is 4.10. The molecule has 116 valence electrons. The Morgan fingerprint density at radius 2 is 2.00 bits per heavy atom. The van der Waals surface area contributed by atoms with Crippen LogP contribution in [-0.4, -0.2) is 42.1 Å². The highest BCUT2D eigenvalue weighted by Crippen LogP contribution is 2.21. The number of hydrogen-bond donors (Lipinski definition) is 3. The van der Waals surface area contributed by atoms with Crippen LogP contribution in [0.3, 0.4) is 0 Å². The first-order chi connectivity index (χ1) is 10.0. The molecule has 1 amide bonds. The molecule has 21 heavy (non-hydrogen) atoms. The van der Waals surface area contributed by atoms with Crippen LogP contribution in [0.5, 0.6) is 0 Å². The van der Waals surface area contributed by atoms with Crippen LogP contribution in [-0.2, 0) is 4.79 Å². The van der Waals surface area contributed by atoms with Gasteiger partial charge in [-0.2, -0.15) is 0 Å². The van der Waals surface area contributed by atoms with Crippen molar-refractivity contribution in [1.82, 2.24) is 10.2 Å². The molecule has 5 heteroatoms. The number of carbonyl (C=O) groups is 1. The zero-order valence-corrected chi connectivity index (χ0v) is 12.6. The van der Waals surface area contributed by atoms with Gasteiger partial charge in [0.15, 0.2) is 0 Å². The van der Waals surface area contributed by atoms with E-state index in [-0.39, 0.29) is 5.91 Å². The number of hydrogen-bond acceptors (Lipinski definition) is 4. The number of amides is 1. The first-order valence-corrected chi connectivity index (χ1v) is 7.55. The van der Waals surface area contributed by atoms with Crippen molar-refractivity contribution in [3.05, 3.63) is 29.8 Å². The number of benzene rings is 1. The second-order valence-electron chi connectivity index (χ2n) is 5.86. The highest BCUT2D eigenvalue weighted by Gasteiger charge is 2.21. The summed E-state index contributed by atoms with van der Waals surface area (Å²) in [6, 6.07) is 7.39. The Morgan fingerprint density at radius 1 is 1.38 bits per heavy atom. The topological polar surface area (TPSA) is 78.6 Å². The molecule has 1 saturated heterocycles. The predicted octanol–water partition coefficient (Wildman–Crippen LogP) is 1.15. The predicted molar refractivity (Wildman–Crippen MR) is 83.7 cm³/mol. The van der Waals surface area contributed by atoms with Crippen molar-refractivity contribution in [2.75, 3.05) is 31.9 Å². The molecule has 1 heterocycles. The van der Waals surface area contributed by atoms with Gasteiger partial charge in [0.1, 0.15) is 0 Å². The number of β-amino-alcohol motifs (C(OH)–C–C–N with tert-alkyl or cyclic N) is 1. The maximum absolute atomic E-state index is 10.9. The van der Waals surface area contributed by atoms with Crippen LogP contribution in [0.15, 0.2) is 24.3 Å². The molecule has 0 saturated carbocycles. The van der Waals surface area contributed by atoms with Crippen LogP contribution in [0.1, 0.15) is 31.4 Å². The van der Waals surface area contributed by atoms with Crippen LogP contribution >= 0.6 is 0 Å². The van der Waals surface area contributed by atoms with Crippen LogP contribution in [0, 0.1) is 5.92 Å². The molecule has 1 fully saturated rings. The molecule has 1 aromatic carbocycles. The summed E-state index contributed by atoms with van der Waals surface area (Å²) >= 11 is 0. The number of piperidine rings is 1. The van der Waals surface area contributed by atoms with E-state index in [1.807, 2.05) is 24.3 Å². The van der Waals surface area contributed by atoms with Gasteiger partial charge >= 0.3 is 0 Å². The number of carbonyl (C=O) groups excluding carboxylic acids is 1. The summed E-state index contributed by atoms with van der Waals surface area (Å²) < 4.78 is 0. The number of aliphatic hydroxyl groups is 1. The molecule has 4 N–H and O–H groups in total. The molecule has 1 atom stereocenters. The number of nitrogens with zero attached hydrogens (tertiary/aromatic N) is 1. The minimum atomic E-state index is -0.475.